The van der Waals surface area contributed by atoms with E-state index >= 15 is 0 Å². The van der Waals surface area contributed by atoms with Crippen LogP contribution in [0.4, 0.5) is 0 Å². The van der Waals surface area contributed by atoms with Crippen molar-refractivity contribution in [3.8, 4) is 6.07 Å². The highest BCUT2D eigenvalue weighted by atomic mass is 32.1. The largest absolute Gasteiger partial charge is 0.468 e. The van der Waals surface area contributed by atoms with Crippen LogP contribution in [0.3, 0.4) is 0 Å². The fourth-order valence-corrected chi connectivity index (χ4v) is 3.17. The number of likely N-dealkylation sites (N-methyl/N-ethyl adjacent to an activating group) is 1. The van der Waals surface area contributed by atoms with Crippen LogP contribution in [0.1, 0.15) is 21.9 Å². The average Bonchev–Trinajstić information content (AvgIpc) is 3.16. The number of amides is 1. The Morgan fingerprint density at radius 2 is 2.17 bits per heavy atom. The zero-order valence-corrected chi connectivity index (χ0v) is 14.3. The number of carbonyl (C=O) groups excluding carboxylic acids is 1. The Bertz CT molecular complexity index is 658. The second-order valence-electron chi connectivity index (χ2n) is 5.46. The molecule has 5 nitrogen and oxygen atoms in total. The maximum atomic E-state index is 12.3. The van der Waals surface area contributed by atoms with Gasteiger partial charge in [-0.05, 0) is 31.2 Å². The first kappa shape index (κ1) is 17.3. The van der Waals surface area contributed by atoms with Gasteiger partial charge in [-0.1, -0.05) is 0 Å². The number of carbonyl (C=O) groups is 1. The monoisotopic (exact) mass is 331 g/mol. The normalized spacial score (nSPS) is 10.7. The minimum absolute atomic E-state index is 0.0140. The molecule has 0 saturated heterocycles. The molecule has 0 radical (unpaired) electrons. The van der Waals surface area contributed by atoms with Crippen LogP contribution in [-0.4, -0.2) is 35.8 Å². The van der Waals surface area contributed by atoms with E-state index in [1.807, 2.05) is 12.1 Å². The molecule has 0 aliphatic heterocycles. The van der Waals surface area contributed by atoms with Gasteiger partial charge in [0.25, 0.3) is 0 Å². The summed E-state index contributed by atoms with van der Waals surface area (Å²) in [5, 5.41) is 8.64. The van der Waals surface area contributed by atoms with Crippen LogP contribution in [0.15, 0.2) is 34.9 Å². The van der Waals surface area contributed by atoms with Gasteiger partial charge in [0.2, 0.25) is 5.91 Å². The van der Waals surface area contributed by atoms with Gasteiger partial charge in [-0.25, -0.2) is 0 Å². The van der Waals surface area contributed by atoms with Crippen molar-refractivity contribution in [3.63, 3.8) is 0 Å². The molecule has 0 aromatic carbocycles. The van der Waals surface area contributed by atoms with E-state index in [4.69, 9.17) is 9.68 Å². The molecule has 6 heteroatoms. The van der Waals surface area contributed by atoms with Crippen LogP contribution >= 0.6 is 11.3 Å². The van der Waals surface area contributed by atoms with Gasteiger partial charge in [-0.2, -0.15) is 5.26 Å². The van der Waals surface area contributed by atoms with Crippen molar-refractivity contribution in [2.75, 3.05) is 20.1 Å². The van der Waals surface area contributed by atoms with Crippen molar-refractivity contribution >= 4 is 17.2 Å². The number of aryl methyl sites for hydroxylation is 1. The lowest BCUT2D eigenvalue weighted by Crippen LogP contribution is -2.38. The summed E-state index contributed by atoms with van der Waals surface area (Å²) in [4.78, 5) is 18.5. The molecule has 2 rings (SSSR count). The van der Waals surface area contributed by atoms with E-state index < -0.39 is 0 Å². The number of hydrogen-bond donors (Lipinski definition) is 0. The van der Waals surface area contributed by atoms with Crippen molar-refractivity contribution in [1.82, 2.24) is 9.80 Å². The number of thiophene rings is 1. The second kappa shape index (κ2) is 8.51. The summed E-state index contributed by atoms with van der Waals surface area (Å²) in [6, 6.07) is 10.0. The molecule has 0 N–H and O–H groups in total. The number of nitriles is 1. The lowest BCUT2D eigenvalue weighted by Gasteiger charge is -2.23. The van der Waals surface area contributed by atoms with Crippen LogP contribution in [-0.2, 0) is 17.9 Å². The van der Waals surface area contributed by atoms with E-state index in [-0.39, 0.29) is 5.91 Å². The summed E-state index contributed by atoms with van der Waals surface area (Å²) in [6.45, 7) is 4.13. The third kappa shape index (κ3) is 5.55. The molecule has 0 aliphatic rings. The van der Waals surface area contributed by atoms with Crippen LogP contribution in [0.2, 0.25) is 0 Å². The van der Waals surface area contributed by atoms with Crippen molar-refractivity contribution in [2.24, 2.45) is 0 Å². The molecule has 23 heavy (non-hydrogen) atoms. The predicted octanol–water partition coefficient (Wildman–Crippen LogP) is 3.02. The topological polar surface area (TPSA) is 60.5 Å². The van der Waals surface area contributed by atoms with Crippen molar-refractivity contribution in [2.45, 2.75) is 26.4 Å². The van der Waals surface area contributed by atoms with E-state index in [1.54, 1.807) is 29.5 Å². The van der Waals surface area contributed by atoms with E-state index in [1.165, 1.54) is 9.75 Å². The van der Waals surface area contributed by atoms with Gasteiger partial charge in [0.1, 0.15) is 5.76 Å². The van der Waals surface area contributed by atoms with E-state index in [0.717, 1.165) is 5.76 Å². The maximum absolute atomic E-state index is 12.3. The molecular weight excluding hydrogens is 310 g/mol. The molecule has 2 heterocycles. The minimum atomic E-state index is 0.0140. The summed E-state index contributed by atoms with van der Waals surface area (Å²) in [5.41, 5.74) is 0. The summed E-state index contributed by atoms with van der Waals surface area (Å²) < 4.78 is 5.41. The Morgan fingerprint density at radius 1 is 1.35 bits per heavy atom. The molecule has 2 aromatic rings. The summed E-state index contributed by atoms with van der Waals surface area (Å²) in [7, 11) is 1.74. The fraction of sp³-hybridized carbons (Fsp3) is 0.412. The summed E-state index contributed by atoms with van der Waals surface area (Å²) in [6.07, 6.45) is 1.99. The van der Waals surface area contributed by atoms with E-state index in [2.05, 4.69) is 30.0 Å². The molecule has 0 bridgehead atoms. The van der Waals surface area contributed by atoms with Gasteiger partial charge in [0, 0.05) is 29.9 Å². The van der Waals surface area contributed by atoms with Gasteiger partial charge >= 0.3 is 0 Å². The lowest BCUT2D eigenvalue weighted by molar-refractivity contribution is -0.131. The van der Waals surface area contributed by atoms with Crippen LogP contribution < -0.4 is 0 Å². The SMILES string of the molecule is Cc1ccc(CN(CC(=O)N(C)CCC#N)Cc2ccco2)s1. The molecule has 0 atom stereocenters. The van der Waals surface area contributed by atoms with Gasteiger partial charge in [-0.3, -0.25) is 9.69 Å². The Labute approximate surface area is 140 Å². The highest BCUT2D eigenvalue weighted by Gasteiger charge is 2.17. The van der Waals surface area contributed by atoms with Crippen LogP contribution in [0, 0.1) is 18.3 Å². The number of hydrogen-bond acceptors (Lipinski definition) is 5. The lowest BCUT2D eigenvalue weighted by atomic mass is 10.3. The molecule has 0 unspecified atom stereocenters. The predicted molar refractivity (Wildman–Crippen MR) is 89.7 cm³/mol. The first-order valence-corrected chi connectivity index (χ1v) is 8.31. The van der Waals surface area contributed by atoms with E-state index in [0.29, 0.717) is 32.6 Å². The van der Waals surface area contributed by atoms with Gasteiger partial charge in [-0.15, -0.1) is 11.3 Å². The minimum Gasteiger partial charge on any atom is -0.468 e. The molecule has 1 amide bonds. The molecular formula is C17H21N3O2S. The molecule has 0 fully saturated rings. The molecule has 2 aromatic heterocycles. The van der Waals surface area contributed by atoms with Crippen LogP contribution in [0.25, 0.3) is 0 Å². The summed E-state index contributed by atoms with van der Waals surface area (Å²) >= 11 is 1.74. The van der Waals surface area contributed by atoms with Gasteiger partial charge in [0.05, 0.1) is 31.8 Å². The van der Waals surface area contributed by atoms with Crippen molar-refractivity contribution in [1.29, 1.82) is 5.26 Å². The van der Waals surface area contributed by atoms with E-state index in [9.17, 15) is 4.79 Å². The second-order valence-corrected chi connectivity index (χ2v) is 6.83. The highest BCUT2D eigenvalue weighted by molar-refractivity contribution is 7.11. The molecule has 122 valence electrons. The Hall–Kier alpha value is -2.10. The summed E-state index contributed by atoms with van der Waals surface area (Å²) in [5.74, 6) is 0.853. The highest BCUT2D eigenvalue weighted by Crippen LogP contribution is 2.18. The Kier molecular flexibility index (Phi) is 6.39. The first-order valence-electron chi connectivity index (χ1n) is 7.49. The molecule has 0 spiro atoms. The van der Waals surface area contributed by atoms with Crippen molar-refractivity contribution in [3.05, 3.63) is 46.0 Å². The number of rotatable bonds is 8. The smallest absolute Gasteiger partial charge is 0.236 e. The third-order valence-electron chi connectivity index (χ3n) is 3.48. The van der Waals surface area contributed by atoms with Crippen LogP contribution in [0.5, 0.6) is 0 Å². The average molecular weight is 331 g/mol. The third-order valence-corrected chi connectivity index (χ3v) is 4.46. The Morgan fingerprint density at radius 3 is 2.78 bits per heavy atom. The molecule has 0 aliphatic carbocycles. The molecule has 0 saturated carbocycles. The number of furan rings is 1. The zero-order chi connectivity index (χ0) is 16.7. The Balaban J connectivity index is 2.00. The first-order chi connectivity index (χ1) is 11.1. The quantitative estimate of drug-likeness (QED) is 0.746. The van der Waals surface area contributed by atoms with Crippen molar-refractivity contribution < 1.29 is 9.21 Å². The fourth-order valence-electron chi connectivity index (χ4n) is 2.24. The van der Waals surface area contributed by atoms with Gasteiger partial charge < -0.3 is 9.32 Å². The number of nitrogens with zero attached hydrogens (tertiary/aromatic N) is 3. The van der Waals surface area contributed by atoms with Gasteiger partial charge in [0.15, 0.2) is 0 Å². The standard InChI is InChI=1S/C17H21N3O2S/c1-14-6-7-16(23-14)12-20(11-15-5-3-10-22-15)13-17(21)19(2)9-4-8-18/h3,5-7,10H,4,9,11-13H2,1-2H3. The maximum Gasteiger partial charge on any atom is 0.236 e. The zero-order valence-electron chi connectivity index (χ0n) is 13.5.